The third kappa shape index (κ3) is 2.79. The van der Waals surface area contributed by atoms with Crippen LogP contribution in [0.3, 0.4) is 0 Å². The number of pyridine rings is 1. The molecule has 5 nitrogen and oxygen atoms in total. The zero-order valence-corrected chi connectivity index (χ0v) is 10.9. The molecule has 3 N–H and O–H groups in total. The van der Waals surface area contributed by atoms with Gasteiger partial charge in [-0.15, -0.1) is 0 Å². The van der Waals surface area contributed by atoms with Gasteiger partial charge in [0.05, 0.1) is 0 Å². The number of nitrogens with two attached hydrogens (primary N) is 1. The van der Waals surface area contributed by atoms with Crippen molar-refractivity contribution in [2.45, 2.75) is 13.3 Å². The van der Waals surface area contributed by atoms with E-state index in [0.717, 1.165) is 37.6 Å². The number of nitrogens with zero attached hydrogens (tertiary/aromatic N) is 2. The molecular weight excluding hydrogens is 228 g/mol. The molecule has 0 aliphatic carbocycles. The standard InChI is InChI=1S/C13H20N4O/c1-9-5-11(13(14)18)6-12(16-9)17-4-3-10(8-17)7-15-2/h5-6,10,15H,3-4,7-8H2,1-2H3,(H2,14,18). The number of carbonyl (C=O) groups is 1. The van der Waals surface area contributed by atoms with E-state index in [-0.39, 0.29) is 0 Å². The zero-order chi connectivity index (χ0) is 13.1. The Labute approximate surface area is 107 Å². The molecule has 1 unspecified atom stereocenters. The minimum absolute atomic E-state index is 0.396. The number of hydrogen-bond donors (Lipinski definition) is 2. The minimum atomic E-state index is -0.396. The van der Waals surface area contributed by atoms with Crippen molar-refractivity contribution in [1.29, 1.82) is 0 Å². The second-order valence-electron chi connectivity index (χ2n) is 4.88. The maximum absolute atomic E-state index is 11.3. The number of nitrogens with one attached hydrogen (secondary N) is 1. The third-order valence-electron chi connectivity index (χ3n) is 3.33. The number of hydrogen-bond acceptors (Lipinski definition) is 4. The van der Waals surface area contributed by atoms with Gasteiger partial charge < -0.3 is 16.0 Å². The normalized spacial score (nSPS) is 19.2. The van der Waals surface area contributed by atoms with Gasteiger partial charge in [0.25, 0.3) is 0 Å². The van der Waals surface area contributed by atoms with Gasteiger partial charge in [0.15, 0.2) is 0 Å². The molecule has 1 aliphatic heterocycles. The van der Waals surface area contributed by atoms with E-state index >= 15 is 0 Å². The van der Waals surface area contributed by atoms with Crippen molar-refractivity contribution in [3.63, 3.8) is 0 Å². The summed E-state index contributed by atoms with van der Waals surface area (Å²) in [5.41, 5.74) is 6.70. The zero-order valence-electron chi connectivity index (χ0n) is 10.9. The van der Waals surface area contributed by atoms with E-state index in [0.29, 0.717) is 11.5 Å². The Balaban J connectivity index is 2.16. The number of carbonyl (C=O) groups excluding carboxylic acids is 1. The summed E-state index contributed by atoms with van der Waals surface area (Å²) in [7, 11) is 1.97. The second-order valence-corrected chi connectivity index (χ2v) is 4.88. The molecule has 2 rings (SSSR count). The summed E-state index contributed by atoms with van der Waals surface area (Å²) < 4.78 is 0. The van der Waals surface area contributed by atoms with Gasteiger partial charge in [-0.05, 0) is 45.0 Å². The Morgan fingerprint density at radius 1 is 1.61 bits per heavy atom. The van der Waals surface area contributed by atoms with E-state index in [1.54, 1.807) is 12.1 Å². The molecule has 18 heavy (non-hydrogen) atoms. The molecule has 1 saturated heterocycles. The van der Waals surface area contributed by atoms with Gasteiger partial charge in [0.2, 0.25) is 5.91 Å². The van der Waals surface area contributed by atoms with Crippen molar-refractivity contribution in [1.82, 2.24) is 10.3 Å². The molecule has 5 heteroatoms. The Morgan fingerprint density at radius 2 is 2.39 bits per heavy atom. The smallest absolute Gasteiger partial charge is 0.248 e. The van der Waals surface area contributed by atoms with Gasteiger partial charge in [-0.1, -0.05) is 0 Å². The van der Waals surface area contributed by atoms with Gasteiger partial charge in [0, 0.05) is 24.3 Å². The quantitative estimate of drug-likeness (QED) is 0.815. The Kier molecular flexibility index (Phi) is 3.81. The molecule has 98 valence electrons. The SMILES string of the molecule is CNCC1CCN(c2cc(C(N)=O)cc(C)n2)C1. The number of rotatable bonds is 4. The van der Waals surface area contributed by atoms with Gasteiger partial charge in [0.1, 0.15) is 5.82 Å². The van der Waals surface area contributed by atoms with Crippen LogP contribution in [-0.4, -0.2) is 37.6 Å². The number of primary amides is 1. The molecule has 2 heterocycles. The minimum Gasteiger partial charge on any atom is -0.366 e. The number of aryl methyl sites for hydroxylation is 1. The van der Waals surface area contributed by atoms with E-state index in [9.17, 15) is 4.79 Å². The molecule has 1 fully saturated rings. The molecular formula is C13H20N4O. The van der Waals surface area contributed by atoms with Crippen LogP contribution < -0.4 is 16.0 Å². The molecule has 1 aromatic heterocycles. The van der Waals surface area contributed by atoms with Crippen LogP contribution in [0.2, 0.25) is 0 Å². The highest BCUT2D eigenvalue weighted by Gasteiger charge is 2.23. The van der Waals surface area contributed by atoms with Crippen molar-refractivity contribution in [2.24, 2.45) is 11.7 Å². The molecule has 1 atom stereocenters. The average molecular weight is 248 g/mol. The first-order chi connectivity index (χ1) is 8.60. The van der Waals surface area contributed by atoms with Crippen molar-refractivity contribution < 1.29 is 4.79 Å². The topological polar surface area (TPSA) is 71.2 Å². The van der Waals surface area contributed by atoms with E-state index in [4.69, 9.17) is 5.73 Å². The molecule has 0 bridgehead atoms. The highest BCUT2D eigenvalue weighted by atomic mass is 16.1. The number of aromatic nitrogens is 1. The Bertz CT molecular complexity index is 447. The fourth-order valence-corrected chi connectivity index (χ4v) is 2.45. The van der Waals surface area contributed by atoms with Gasteiger partial charge in [-0.2, -0.15) is 0 Å². The van der Waals surface area contributed by atoms with Crippen LogP contribution in [0.25, 0.3) is 0 Å². The van der Waals surface area contributed by atoms with Crippen molar-refractivity contribution >= 4 is 11.7 Å². The second kappa shape index (κ2) is 5.35. The van der Waals surface area contributed by atoms with Crippen LogP contribution in [0.5, 0.6) is 0 Å². The van der Waals surface area contributed by atoms with Crippen LogP contribution in [0, 0.1) is 12.8 Å². The first kappa shape index (κ1) is 12.8. The highest BCUT2D eigenvalue weighted by Crippen LogP contribution is 2.23. The maximum Gasteiger partial charge on any atom is 0.248 e. The van der Waals surface area contributed by atoms with Crippen LogP contribution in [0.4, 0.5) is 5.82 Å². The van der Waals surface area contributed by atoms with Crippen LogP contribution in [0.1, 0.15) is 22.5 Å². The summed E-state index contributed by atoms with van der Waals surface area (Å²) >= 11 is 0. The monoisotopic (exact) mass is 248 g/mol. The lowest BCUT2D eigenvalue weighted by Gasteiger charge is -2.18. The molecule has 1 aromatic rings. The lowest BCUT2D eigenvalue weighted by Crippen LogP contribution is -2.25. The van der Waals surface area contributed by atoms with Crippen molar-refractivity contribution in [2.75, 3.05) is 31.6 Å². The summed E-state index contributed by atoms with van der Waals surface area (Å²) in [6.07, 6.45) is 1.16. The van der Waals surface area contributed by atoms with Gasteiger partial charge in [-0.25, -0.2) is 4.98 Å². The van der Waals surface area contributed by atoms with E-state index < -0.39 is 5.91 Å². The van der Waals surface area contributed by atoms with E-state index in [1.165, 1.54) is 0 Å². The number of amides is 1. The molecule has 0 aromatic carbocycles. The average Bonchev–Trinajstić information content (AvgIpc) is 2.77. The predicted molar refractivity (Wildman–Crippen MR) is 71.7 cm³/mol. The largest absolute Gasteiger partial charge is 0.366 e. The summed E-state index contributed by atoms with van der Waals surface area (Å²) in [5, 5.41) is 3.20. The fraction of sp³-hybridized carbons (Fsp3) is 0.538. The highest BCUT2D eigenvalue weighted by molar-refractivity contribution is 5.93. The van der Waals surface area contributed by atoms with E-state index in [2.05, 4.69) is 15.2 Å². The van der Waals surface area contributed by atoms with Crippen LogP contribution in [0.15, 0.2) is 12.1 Å². The Hall–Kier alpha value is -1.62. The predicted octanol–water partition coefficient (Wildman–Crippen LogP) is 0.535. The lowest BCUT2D eigenvalue weighted by atomic mass is 10.1. The van der Waals surface area contributed by atoms with Gasteiger partial charge in [-0.3, -0.25) is 4.79 Å². The van der Waals surface area contributed by atoms with E-state index in [1.807, 2.05) is 14.0 Å². The first-order valence-corrected chi connectivity index (χ1v) is 6.28. The molecule has 1 amide bonds. The van der Waals surface area contributed by atoms with Crippen LogP contribution in [-0.2, 0) is 0 Å². The molecule has 0 radical (unpaired) electrons. The first-order valence-electron chi connectivity index (χ1n) is 6.28. The molecule has 0 spiro atoms. The summed E-state index contributed by atoms with van der Waals surface area (Å²) in [4.78, 5) is 18.0. The molecule has 0 saturated carbocycles. The molecule has 1 aliphatic rings. The Morgan fingerprint density at radius 3 is 3.06 bits per heavy atom. The fourth-order valence-electron chi connectivity index (χ4n) is 2.45. The van der Waals surface area contributed by atoms with Crippen molar-refractivity contribution in [3.05, 3.63) is 23.4 Å². The lowest BCUT2D eigenvalue weighted by molar-refractivity contribution is 0.1000. The summed E-state index contributed by atoms with van der Waals surface area (Å²) in [6.45, 7) is 4.87. The van der Waals surface area contributed by atoms with Crippen LogP contribution >= 0.6 is 0 Å². The summed E-state index contributed by atoms with van der Waals surface area (Å²) in [5.74, 6) is 1.12. The van der Waals surface area contributed by atoms with Crippen molar-refractivity contribution in [3.8, 4) is 0 Å². The summed E-state index contributed by atoms with van der Waals surface area (Å²) in [6, 6.07) is 3.52. The third-order valence-corrected chi connectivity index (χ3v) is 3.33. The maximum atomic E-state index is 11.3. The number of anilines is 1. The van der Waals surface area contributed by atoms with Gasteiger partial charge >= 0.3 is 0 Å².